The third kappa shape index (κ3) is 10.1. The molecule has 0 fully saturated rings. The lowest BCUT2D eigenvalue weighted by Gasteiger charge is -2.28. The van der Waals surface area contributed by atoms with E-state index in [1.807, 2.05) is 20.1 Å². The molecular formula is C29H36N6O7S. The molecule has 1 aromatic heterocycles. The minimum atomic E-state index is -0.735. The van der Waals surface area contributed by atoms with E-state index in [0.29, 0.717) is 41.1 Å². The van der Waals surface area contributed by atoms with Crippen LogP contribution in [0.5, 0.6) is 5.75 Å². The Morgan fingerprint density at radius 3 is 2.40 bits per heavy atom. The van der Waals surface area contributed by atoms with E-state index >= 15 is 0 Å². The molecule has 3 amide bonds. The summed E-state index contributed by atoms with van der Waals surface area (Å²) in [5.74, 6) is 3.96. The average molecular weight is 613 g/mol. The standard InChI is InChI=1S/C29H36N6O7S/c1-19(2)12-14-34(17-24(36)31-22-10-8-20(9-11-22)27-32-33-29(41-27)43-4)25(37)18-35(15-13-26(38)42-30)28(39)21-6-5-7-23(16-21)40-3/h5-11,16,19H,12-15,17-18,30H2,1-4H3,(H,31,36). The second-order valence-corrected chi connectivity index (χ2v) is 10.7. The van der Waals surface area contributed by atoms with E-state index in [2.05, 4.69) is 20.4 Å². The minimum absolute atomic E-state index is 0.118. The molecule has 14 heteroatoms. The Kier molecular flexibility index (Phi) is 12.5. The van der Waals surface area contributed by atoms with Gasteiger partial charge < -0.3 is 29.1 Å². The summed E-state index contributed by atoms with van der Waals surface area (Å²) in [5, 5.41) is 11.2. The number of thioether (sulfide) groups is 1. The number of hydrogen-bond donors (Lipinski definition) is 2. The zero-order chi connectivity index (χ0) is 31.4. The van der Waals surface area contributed by atoms with E-state index in [9.17, 15) is 19.2 Å². The molecule has 0 aliphatic heterocycles. The number of nitrogens with zero attached hydrogens (tertiary/aromatic N) is 4. The molecule has 3 N–H and O–H groups in total. The van der Waals surface area contributed by atoms with Crippen LogP contribution in [0, 0.1) is 5.92 Å². The fraction of sp³-hybridized carbons (Fsp3) is 0.379. The number of anilines is 1. The quantitative estimate of drug-likeness (QED) is 0.191. The number of ether oxygens (including phenoxy) is 1. The lowest BCUT2D eigenvalue weighted by atomic mass is 10.1. The molecule has 0 spiro atoms. The van der Waals surface area contributed by atoms with Gasteiger partial charge in [-0.2, -0.15) is 5.90 Å². The predicted octanol–water partition coefficient (Wildman–Crippen LogP) is 3.23. The van der Waals surface area contributed by atoms with Crippen LogP contribution in [-0.2, 0) is 19.2 Å². The first-order chi connectivity index (χ1) is 20.6. The van der Waals surface area contributed by atoms with Gasteiger partial charge in [-0.05, 0) is 61.1 Å². The Balaban J connectivity index is 1.72. The number of rotatable bonds is 15. The minimum Gasteiger partial charge on any atom is -0.497 e. The van der Waals surface area contributed by atoms with Gasteiger partial charge in [0.05, 0.1) is 20.1 Å². The maximum absolute atomic E-state index is 13.5. The molecule has 13 nitrogen and oxygen atoms in total. The van der Waals surface area contributed by atoms with Gasteiger partial charge in [-0.3, -0.25) is 19.2 Å². The smallest absolute Gasteiger partial charge is 0.326 e. The fourth-order valence-electron chi connectivity index (χ4n) is 3.92. The molecule has 230 valence electrons. The number of methoxy groups -OCH3 is 1. The van der Waals surface area contributed by atoms with Crippen LogP contribution < -0.4 is 16.0 Å². The van der Waals surface area contributed by atoms with Crippen LogP contribution in [-0.4, -0.2) is 83.2 Å². The normalized spacial score (nSPS) is 10.7. The summed E-state index contributed by atoms with van der Waals surface area (Å²) in [7, 11) is 1.48. The average Bonchev–Trinajstić information content (AvgIpc) is 3.50. The second kappa shape index (κ2) is 16.3. The topological polar surface area (TPSA) is 170 Å². The van der Waals surface area contributed by atoms with E-state index in [-0.39, 0.29) is 37.5 Å². The molecule has 0 aliphatic carbocycles. The highest BCUT2D eigenvalue weighted by Gasteiger charge is 2.25. The third-order valence-electron chi connectivity index (χ3n) is 6.31. The Morgan fingerprint density at radius 1 is 1.02 bits per heavy atom. The molecule has 0 atom stereocenters. The molecule has 43 heavy (non-hydrogen) atoms. The molecule has 3 rings (SSSR count). The van der Waals surface area contributed by atoms with E-state index in [1.165, 1.54) is 34.7 Å². The molecule has 1 heterocycles. The molecule has 0 aliphatic rings. The van der Waals surface area contributed by atoms with Crippen LogP contribution in [0.25, 0.3) is 11.5 Å². The molecule has 0 radical (unpaired) electrons. The monoisotopic (exact) mass is 612 g/mol. The molecule has 0 bridgehead atoms. The van der Waals surface area contributed by atoms with Crippen molar-refractivity contribution in [1.82, 2.24) is 20.0 Å². The lowest BCUT2D eigenvalue weighted by molar-refractivity contribution is -0.144. The number of nitrogens with two attached hydrogens (primary N) is 1. The molecule has 3 aromatic rings. The van der Waals surface area contributed by atoms with Crippen molar-refractivity contribution in [3.63, 3.8) is 0 Å². The van der Waals surface area contributed by atoms with E-state index in [1.54, 1.807) is 42.5 Å². The molecule has 2 aromatic carbocycles. The van der Waals surface area contributed by atoms with Crippen LogP contribution in [0.1, 0.15) is 37.0 Å². The number of carbonyl (C=O) groups excluding carboxylic acids is 4. The number of aromatic nitrogens is 2. The Hall–Kier alpha value is -4.43. The highest BCUT2D eigenvalue weighted by molar-refractivity contribution is 7.98. The largest absolute Gasteiger partial charge is 0.497 e. The number of carbonyl (C=O) groups is 4. The molecule has 0 saturated carbocycles. The van der Waals surface area contributed by atoms with Crippen molar-refractivity contribution in [2.45, 2.75) is 31.9 Å². The van der Waals surface area contributed by atoms with Crippen LogP contribution >= 0.6 is 11.8 Å². The van der Waals surface area contributed by atoms with Gasteiger partial charge >= 0.3 is 5.97 Å². The highest BCUT2D eigenvalue weighted by atomic mass is 32.2. The van der Waals surface area contributed by atoms with Gasteiger partial charge in [0.2, 0.25) is 17.7 Å². The first-order valence-corrected chi connectivity index (χ1v) is 14.7. The van der Waals surface area contributed by atoms with Crippen LogP contribution in [0.2, 0.25) is 0 Å². The maximum atomic E-state index is 13.5. The van der Waals surface area contributed by atoms with Crippen LogP contribution in [0.3, 0.4) is 0 Å². The third-order valence-corrected chi connectivity index (χ3v) is 6.82. The predicted molar refractivity (Wildman–Crippen MR) is 160 cm³/mol. The van der Waals surface area contributed by atoms with Gasteiger partial charge in [0.1, 0.15) is 12.3 Å². The Labute approximate surface area is 254 Å². The second-order valence-electron chi connectivity index (χ2n) is 9.90. The summed E-state index contributed by atoms with van der Waals surface area (Å²) in [6.07, 6.45) is 2.25. The first kappa shape index (κ1) is 33.1. The zero-order valence-corrected chi connectivity index (χ0v) is 25.4. The van der Waals surface area contributed by atoms with E-state index in [0.717, 1.165) is 0 Å². The fourth-order valence-corrected chi connectivity index (χ4v) is 4.21. The van der Waals surface area contributed by atoms with Crippen molar-refractivity contribution >= 4 is 41.1 Å². The van der Waals surface area contributed by atoms with Crippen molar-refractivity contribution in [2.24, 2.45) is 11.8 Å². The van der Waals surface area contributed by atoms with Crippen molar-refractivity contribution < 1.29 is 33.2 Å². The maximum Gasteiger partial charge on any atom is 0.326 e. The summed E-state index contributed by atoms with van der Waals surface area (Å²) >= 11 is 1.34. The molecule has 0 unspecified atom stereocenters. The summed E-state index contributed by atoms with van der Waals surface area (Å²) in [4.78, 5) is 58.5. The molecule has 0 saturated heterocycles. The SMILES string of the molecule is COc1cccc(C(=O)N(CCC(=O)ON)CC(=O)N(CCC(C)C)CC(=O)Nc2ccc(-c3nnc(SC)o3)cc2)c1. The summed E-state index contributed by atoms with van der Waals surface area (Å²) in [5.41, 5.74) is 1.48. The van der Waals surface area contributed by atoms with Gasteiger partial charge in [0, 0.05) is 29.9 Å². The zero-order valence-electron chi connectivity index (χ0n) is 24.6. The van der Waals surface area contributed by atoms with Gasteiger partial charge in [-0.1, -0.05) is 31.7 Å². The van der Waals surface area contributed by atoms with Gasteiger partial charge in [0.15, 0.2) is 0 Å². The van der Waals surface area contributed by atoms with Crippen molar-refractivity contribution in [3.05, 3.63) is 54.1 Å². The van der Waals surface area contributed by atoms with E-state index in [4.69, 9.17) is 15.1 Å². The van der Waals surface area contributed by atoms with Crippen LogP contribution in [0.4, 0.5) is 5.69 Å². The molecular weight excluding hydrogens is 576 g/mol. The summed E-state index contributed by atoms with van der Waals surface area (Å²) in [6.45, 7) is 3.59. The lowest BCUT2D eigenvalue weighted by Crippen LogP contribution is -2.46. The number of amides is 3. The Bertz CT molecular complexity index is 1400. The number of nitrogens with one attached hydrogen (secondary N) is 1. The van der Waals surface area contributed by atoms with Gasteiger partial charge in [-0.25, -0.2) is 0 Å². The van der Waals surface area contributed by atoms with Crippen molar-refractivity contribution in [2.75, 3.05) is 44.9 Å². The van der Waals surface area contributed by atoms with Gasteiger partial charge in [-0.15, -0.1) is 10.2 Å². The first-order valence-electron chi connectivity index (χ1n) is 13.5. The highest BCUT2D eigenvalue weighted by Crippen LogP contribution is 2.23. The Morgan fingerprint density at radius 2 is 1.77 bits per heavy atom. The van der Waals surface area contributed by atoms with Crippen molar-refractivity contribution in [3.8, 4) is 17.2 Å². The summed E-state index contributed by atoms with van der Waals surface area (Å²) in [6, 6.07) is 13.3. The van der Waals surface area contributed by atoms with Gasteiger partial charge in [0.25, 0.3) is 11.1 Å². The number of hydrogen-bond acceptors (Lipinski definition) is 11. The van der Waals surface area contributed by atoms with Crippen molar-refractivity contribution in [1.29, 1.82) is 0 Å². The summed E-state index contributed by atoms with van der Waals surface area (Å²) < 4.78 is 10.7. The van der Waals surface area contributed by atoms with E-state index < -0.39 is 23.7 Å². The van der Waals surface area contributed by atoms with Crippen LogP contribution in [0.15, 0.2) is 58.2 Å². The number of benzene rings is 2.